The van der Waals surface area contributed by atoms with Crippen LogP contribution >= 0.6 is 0 Å². The second-order valence-electron chi connectivity index (χ2n) is 8.09. The number of nitrogens with zero attached hydrogens (tertiary/aromatic N) is 2. The highest BCUT2D eigenvalue weighted by molar-refractivity contribution is 5.74. The summed E-state index contributed by atoms with van der Waals surface area (Å²) in [6, 6.07) is 13.7. The summed E-state index contributed by atoms with van der Waals surface area (Å²) in [6.07, 6.45) is 14.0. The average molecular weight is 470 g/mol. The van der Waals surface area contributed by atoms with Crippen LogP contribution in [0.2, 0.25) is 0 Å². The predicted molar refractivity (Wildman–Crippen MR) is 138 cm³/mol. The van der Waals surface area contributed by atoms with Gasteiger partial charge in [-0.25, -0.2) is 0 Å². The third-order valence-electron chi connectivity index (χ3n) is 5.60. The van der Waals surface area contributed by atoms with Crippen LogP contribution < -0.4 is 18.9 Å². The first kappa shape index (κ1) is 22.5. The first-order valence-corrected chi connectivity index (χ1v) is 11.6. The lowest BCUT2D eigenvalue weighted by Crippen LogP contribution is -2.15. The maximum Gasteiger partial charge on any atom is 0.161 e. The molecular weight excluding hydrogens is 442 g/mol. The molecule has 0 atom stereocenters. The Labute approximate surface area is 204 Å². The Hall–Kier alpha value is -4.26. The molecule has 0 radical (unpaired) electrons. The van der Waals surface area contributed by atoms with E-state index in [0.717, 1.165) is 64.1 Å². The van der Waals surface area contributed by atoms with Crippen LogP contribution in [0, 0.1) is 0 Å². The van der Waals surface area contributed by atoms with Gasteiger partial charge < -0.3 is 18.9 Å². The molecule has 35 heavy (non-hydrogen) atoms. The zero-order chi connectivity index (χ0) is 23.9. The molecule has 2 aromatic carbocycles. The SMILES string of the molecule is COc1cc(OCC2=CCCC=N2)ccc1/C=C/c1cc(/C=C/c2ccc3c(c2)OCCO3)[nH]n1. The van der Waals surface area contributed by atoms with Gasteiger partial charge in [-0.3, -0.25) is 10.1 Å². The lowest BCUT2D eigenvalue weighted by atomic mass is 10.1. The van der Waals surface area contributed by atoms with E-state index in [2.05, 4.69) is 21.3 Å². The van der Waals surface area contributed by atoms with Crippen LogP contribution in [0.25, 0.3) is 24.3 Å². The van der Waals surface area contributed by atoms with Crippen molar-refractivity contribution in [2.24, 2.45) is 4.99 Å². The van der Waals surface area contributed by atoms with E-state index >= 15 is 0 Å². The molecule has 0 fully saturated rings. The number of aromatic nitrogens is 2. The van der Waals surface area contributed by atoms with Gasteiger partial charge in [0.1, 0.15) is 31.3 Å². The lowest BCUT2D eigenvalue weighted by molar-refractivity contribution is 0.171. The second kappa shape index (κ2) is 10.8. The summed E-state index contributed by atoms with van der Waals surface area (Å²) < 4.78 is 22.7. The van der Waals surface area contributed by atoms with Gasteiger partial charge in [-0.05, 0) is 67.0 Å². The van der Waals surface area contributed by atoms with Crippen LogP contribution in [-0.4, -0.2) is 43.3 Å². The number of fused-ring (bicyclic) bond motifs is 1. The van der Waals surface area contributed by atoms with Crippen LogP contribution in [0.1, 0.15) is 35.4 Å². The van der Waals surface area contributed by atoms with Crippen molar-refractivity contribution in [3.05, 3.63) is 76.8 Å². The van der Waals surface area contributed by atoms with Crippen molar-refractivity contribution in [1.29, 1.82) is 0 Å². The molecule has 0 saturated heterocycles. The van der Waals surface area contributed by atoms with E-state index in [-0.39, 0.29) is 0 Å². The van der Waals surface area contributed by atoms with Gasteiger partial charge in [0.2, 0.25) is 0 Å². The molecular formula is C28H27N3O4. The normalized spacial score (nSPS) is 14.9. The fraction of sp³-hybridized carbons (Fsp3) is 0.214. The molecule has 5 rings (SSSR count). The summed E-state index contributed by atoms with van der Waals surface area (Å²) in [5, 5.41) is 7.42. The molecule has 0 unspecified atom stereocenters. The van der Waals surface area contributed by atoms with Crippen LogP contribution in [0.4, 0.5) is 0 Å². The van der Waals surface area contributed by atoms with Crippen molar-refractivity contribution in [3.8, 4) is 23.0 Å². The first-order chi connectivity index (χ1) is 17.3. The summed E-state index contributed by atoms with van der Waals surface area (Å²) in [7, 11) is 1.65. The van der Waals surface area contributed by atoms with E-state index in [9.17, 15) is 0 Å². The molecule has 178 valence electrons. The number of rotatable bonds is 8. The Bertz CT molecular complexity index is 1300. The summed E-state index contributed by atoms with van der Waals surface area (Å²) >= 11 is 0. The highest BCUT2D eigenvalue weighted by atomic mass is 16.6. The number of allylic oxidation sites excluding steroid dienone is 1. The molecule has 0 saturated carbocycles. The smallest absolute Gasteiger partial charge is 0.161 e. The molecule has 0 amide bonds. The Balaban J connectivity index is 1.22. The van der Waals surface area contributed by atoms with E-state index in [1.807, 2.05) is 73.0 Å². The quantitative estimate of drug-likeness (QED) is 0.461. The topological polar surface area (TPSA) is 78.0 Å². The third-order valence-corrected chi connectivity index (χ3v) is 5.60. The average Bonchev–Trinajstić information content (AvgIpc) is 3.38. The number of hydrogen-bond donors (Lipinski definition) is 1. The van der Waals surface area contributed by atoms with Crippen molar-refractivity contribution < 1.29 is 18.9 Å². The van der Waals surface area contributed by atoms with Gasteiger partial charge in [0.25, 0.3) is 0 Å². The van der Waals surface area contributed by atoms with E-state index in [1.54, 1.807) is 7.11 Å². The van der Waals surface area contributed by atoms with E-state index in [1.165, 1.54) is 0 Å². The summed E-state index contributed by atoms with van der Waals surface area (Å²) in [4.78, 5) is 4.36. The van der Waals surface area contributed by atoms with Crippen molar-refractivity contribution in [3.63, 3.8) is 0 Å². The molecule has 2 aliphatic heterocycles. The monoisotopic (exact) mass is 469 g/mol. The third kappa shape index (κ3) is 5.81. The number of aliphatic imine (C=N–C) groups is 1. The molecule has 3 aromatic rings. The van der Waals surface area contributed by atoms with Crippen molar-refractivity contribution >= 4 is 30.5 Å². The highest BCUT2D eigenvalue weighted by Gasteiger charge is 2.11. The van der Waals surface area contributed by atoms with Crippen LogP contribution in [0.15, 0.2) is 59.2 Å². The Morgan fingerprint density at radius 3 is 2.71 bits per heavy atom. The highest BCUT2D eigenvalue weighted by Crippen LogP contribution is 2.31. The number of ether oxygens (including phenoxy) is 4. The van der Waals surface area contributed by atoms with Crippen LogP contribution in [-0.2, 0) is 0 Å². The van der Waals surface area contributed by atoms with Gasteiger partial charge in [0, 0.05) is 17.8 Å². The van der Waals surface area contributed by atoms with Crippen molar-refractivity contribution in [2.75, 3.05) is 26.9 Å². The summed E-state index contributed by atoms with van der Waals surface area (Å²) in [5.41, 5.74) is 4.63. The fourth-order valence-electron chi connectivity index (χ4n) is 3.78. The van der Waals surface area contributed by atoms with Gasteiger partial charge in [-0.2, -0.15) is 5.10 Å². The zero-order valence-corrected chi connectivity index (χ0v) is 19.6. The minimum atomic E-state index is 0.449. The second-order valence-corrected chi connectivity index (χ2v) is 8.09. The molecule has 1 aromatic heterocycles. The molecule has 3 heterocycles. The van der Waals surface area contributed by atoms with E-state index in [0.29, 0.717) is 19.8 Å². The van der Waals surface area contributed by atoms with Crippen LogP contribution in [0.5, 0.6) is 23.0 Å². The number of nitrogens with one attached hydrogen (secondary N) is 1. The predicted octanol–water partition coefficient (Wildman–Crippen LogP) is 5.66. The van der Waals surface area contributed by atoms with Gasteiger partial charge in [-0.1, -0.05) is 18.2 Å². The molecule has 7 heteroatoms. The number of methoxy groups -OCH3 is 1. The van der Waals surface area contributed by atoms with E-state index < -0.39 is 0 Å². The van der Waals surface area contributed by atoms with Gasteiger partial charge in [-0.15, -0.1) is 0 Å². The molecule has 0 spiro atoms. The van der Waals surface area contributed by atoms with Crippen molar-refractivity contribution in [1.82, 2.24) is 10.2 Å². The molecule has 2 aliphatic rings. The maximum absolute atomic E-state index is 5.88. The van der Waals surface area contributed by atoms with Gasteiger partial charge >= 0.3 is 0 Å². The Kier molecular flexibility index (Phi) is 6.94. The number of benzene rings is 2. The molecule has 1 N–H and O–H groups in total. The minimum Gasteiger partial charge on any atom is -0.496 e. The molecule has 0 bridgehead atoms. The number of H-pyrrole nitrogens is 1. The summed E-state index contributed by atoms with van der Waals surface area (Å²) in [5.74, 6) is 3.03. The first-order valence-electron chi connectivity index (χ1n) is 11.6. The van der Waals surface area contributed by atoms with Gasteiger partial charge in [0.15, 0.2) is 11.5 Å². The standard InChI is InChI=1S/C28H27N3O4/c1-32-27-18-25(35-19-24-4-2-3-13-29-24)11-8-21(27)7-10-23-17-22(30-31-23)9-5-20-6-12-26-28(16-20)34-15-14-33-26/h4-13,16-18H,2-3,14-15,19H2,1H3,(H,30,31)/b9-5+,10-7+. The van der Waals surface area contributed by atoms with Crippen molar-refractivity contribution in [2.45, 2.75) is 12.8 Å². The largest absolute Gasteiger partial charge is 0.496 e. The molecule has 7 nitrogen and oxygen atoms in total. The molecule has 0 aliphatic carbocycles. The van der Waals surface area contributed by atoms with E-state index in [4.69, 9.17) is 18.9 Å². The summed E-state index contributed by atoms with van der Waals surface area (Å²) in [6.45, 7) is 1.61. The Morgan fingerprint density at radius 1 is 0.943 bits per heavy atom. The van der Waals surface area contributed by atoms with Crippen LogP contribution in [0.3, 0.4) is 0 Å². The number of aromatic amines is 1. The lowest BCUT2D eigenvalue weighted by Gasteiger charge is -2.18. The minimum absolute atomic E-state index is 0.449. The number of hydrogen-bond acceptors (Lipinski definition) is 6. The Morgan fingerprint density at radius 2 is 1.86 bits per heavy atom. The maximum atomic E-state index is 5.88. The fourth-order valence-corrected chi connectivity index (χ4v) is 3.78. The van der Waals surface area contributed by atoms with Gasteiger partial charge in [0.05, 0.1) is 24.2 Å². The zero-order valence-electron chi connectivity index (χ0n) is 19.6.